The molecule has 7 heteroatoms. The van der Waals surface area contributed by atoms with E-state index in [-0.39, 0.29) is 10.6 Å². The lowest BCUT2D eigenvalue weighted by molar-refractivity contribution is -0.384. The van der Waals surface area contributed by atoms with E-state index >= 15 is 0 Å². The molecule has 0 aromatic heterocycles. The molecule has 0 spiro atoms. The van der Waals surface area contributed by atoms with Crippen LogP contribution in [0, 0.1) is 17.0 Å². The van der Waals surface area contributed by atoms with Crippen LogP contribution in [-0.4, -0.2) is 13.3 Å². The molecule has 0 radical (unpaired) electrons. The van der Waals surface area contributed by atoms with E-state index in [0.29, 0.717) is 12.1 Å². The van der Waals surface area contributed by atoms with Crippen LogP contribution in [0.3, 0.4) is 0 Å². The van der Waals surface area contributed by atoms with Gasteiger partial charge in [-0.2, -0.15) is 0 Å². The van der Waals surface area contributed by atoms with Gasteiger partial charge in [-0.3, -0.25) is 14.8 Å². The summed E-state index contributed by atoms with van der Waals surface area (Å²) in [7, 11) is -3.80. The molecule has 1 aliphatic carbocycles. The van der Waals surface area contributed by atoms with Gasteiger partial charge in [-0.25, -0.2) is 8.42 Å². The first-order valence-corrected chi connectivity index (χ1v) is 8.85. The van der Waals surface area contributed by atoms with Gasteiger partial charge in [0.25, 0.3) is 15.7 Å². The van der Waals surface area contributed by atoms with Gasteiger partial charge in [0.05, 0.1) is 15.5 Å². The van der Waals surface area contributed by atoms with Gasteiger partial charge < -0.3 is 0 Å². The molecule has 0 fully saturated rings. The topological polar surface area (TPSA) is 89.3 Å². The molecule has 0 atom stereocenters. The van der Waals surface area contributed by atoms with Crippen LogP contribution in [0.2, 0.25) is 0 Å². The number of nitro benzene ring substituents is 1. The lowest BCUT2D eigenvalue weighted by atomic mass is 9.99. The highest BCUT2D eigenvalue weighted by Gasteiger charge is 2.21. The molecule has 0 amide bonds. The van der Waals surface area contributed by atoms with Gasteiger partial charge in [0.1, 0.15) is 0 Å². The summed E-state index contributed by atoms with van der Waals surface area (Å²) in [4.78, 5) is 10.1. The van der Waals surface area contributed by atoms with Crippen LogP contribution in [0.1, 0.15) is 23.6 Å². The first kappa shape index (κ1) is 16.2. The summed E-state index contributed by atoms with van der Waals surface area (Å²) in [6.45, 7) is 4.00. The third kappa shape index (κ3) is 2.78. The third-order valence-electron chi connectivity index (χ3n) is 4.13. The number of anilines is 1. The molecular weight excluding hydrogens is 328 g/mol. The van der Waals surface area contributed by atoms with Gasteiger partial charge in [0.2, 0.25) is 0 Å². The molecule has 6 nitrogen and oxygen atoms in total. The van der Waals surface area contributed by atoms with Gasteiger partial charge in [0, 0.05) is 12.1 Å². The Labute approximate surface area is 140 Å². The third-order valence-corrected chi connectivity index (χ3v) is 5.51. The van der Waals surface area contributed by atoms with Crippen molar-refractivity contribution in [2.24, 2.45) is 0 Å². The summed E-state index contributed by atoms with van der Waals surface area (Å²) in [5.41, 5.74) is 4.68. The number of fused-ring (bicyclic) bond motifs is 1. The summed E-state index contributed by atoms with van der Waals surface area (Å²) in [5, 5.41) is 10.7. The smallest absolute Gasteiger partial charge is 0.269 e. The van der Waals surface area contributed by atoms with Crippen LogP contribution in [0.4, 0.5) is 11.4 Å². The molecule has 0 heterocycles. The van der Waals surface area contributed by atoms with Crippen molar-refractivity contribution < 1.29 is 13.3 Å². The fraction of sp³-hybridized carbons (Fsp3) is 0.176. The standard InChI is InChI=1S/C17H16N2O4S/c1-11-3-9-15-16(10-4-12(2)17(11)15)18-24(22,23)14-7-5-13(6-8-14)19(20)21/h3-8,10,18H,9H2,1-2H3. The zero-order valence-corrected chi connectivity index (χ0v) is 14.1. The molecule has 0 bridgehead atoms. The van der Waals surface area contributed by atoms with Crippen molar-refractivity contribution in [2.45, 2.75) is 25.2 Å². The summed E-state index contributed by atoms with van der Waals surface area (Å²) in [6, 6.07) is 8.47. The lowest BCUT2D eigenvalue weighted by Gasteiger charge is -2.14. The Morgan fingerprint density at radius 2 is 1.75 bits per heavy atom. The number of nitrogens with zero attached hydrogens (tertiary/aromatic N) is 1. The maximum Gasteiger partial charge on any atom is 0.269 e. The van der Waals surface area contributed by atoms with Crippen LogP contribution >= 0.6 is 0 Å². The van der Waals surface area contributed by atoms with Crippen molar-refractivity contribution in [3.05, 3.63) is 69.3 Å². The van der Waals surface area contributed by atoms with Gasteiger partial charge in [-0.1, -0.05) is 12.1 Å². The Bertz CT molecular complexity index is 961. The second-order valence-electron chi connectivity index (χ2n) is 5.73. The maximum atomic E-state index is 12.6. The summed E-state index contributed by atoms with van der Waals surface area (Å²) < 4.78 is 27.7. The fourth-order valence-corrected chi connectivity index (χ4v) is 4.02. The molecule has 0 saturated heterocycles. The minimum atomic E-state index is -3.80. The highest BCUT2D eigenvalue weighted by molar-refractivity contribution is 7.92. The van der Waals surface area contributed by atoms with Crippen LogP contribution in [-0.2, 0) is 16.4 Å². The fourth-order valence-electron chi connectivity index (χ4n) is 2.93. The predicted molar refractivity (Wildman–Crippen MR) is 92.4 cm³/mol. The highest BCUT2D eigenvalue weighted by Crippen LogP contribution is 2.35. The lowest BCUT2D eigenvalue weighted by Crippen LogP contribution is -2.14. The number of benzene rings is 2. The van der Waals surface area contributed by atoms with E-state index in [9.17, 15) is 18.5 Å². The molecule has 2 aromatic rings. The number of hydrogen-bond donors (Lipinski definition) is 1. The zero-order valence-electron chi connectivity index (χ0n) is 13.2. The van der Waals surface area contributed by atoms with Crippen LogP contribution < -0.4 is 4.72 Å². The largest absolute Gasteiger partial charge is 0.279 e. The van der Waals surface area contributed by atoms with Crippen molar-refractivity contribution in [1.29, 1.82) is 0 Å². The Morgan fingerprint density at radius 1 is 1.08 bits per heavy atom. The van der Waals surface area contributed by atoms with E-state index in [1.807, 2.05) is 19.9 Å². The molecule has 1 aliphatic rings. The average Bonchev–Trinajstić information content (AvgIpc) is 2.93. The predicted octanol–water partition coefficient (Wildman–Crippen LogP) is 3.66. The highest BCUT2D eigenvalue weighted by atomic mass is 32.2. The van der Waals surface area contributed by atoms with Crippen molar-refractivity contribution in [3.8, 4) is 0 Å². The Kier molecular flexibility index (Phi) is 3.88. The van der Waals surface area contributed by atoms with Crippen LogP contribution in [0.15, 0.2) is 47.4 Å². The quantitative estimate of drug-likeness (QED) is 0.677. The van der Waals surface area contributed by atoms with Gasteiger partial charge >= 0.3 is 0 Å². The van der Waals surface area contributed by atoms with Gasteiger partial charge in [-0.05, 0) is 60.7 Å². The number of non-ortho nitro benzene ring substituents is 1. The first-order chi connectivity index (χ1) is 11.3. The van der Waals surface area contributed by atoms with E-state index < -0.39 is 14.9 Å². The van der Waals surface area contributed by atoms with E-state index in [0.717, 1.165) is 22.3 Å². The van der Waals surface area contributed by atoms with Gasteiger partial charge in [0.15, 0.2) is 0 Å². The van der Waals surface area contributed by atoms with Crippen molar-refractivity contribution in [1.82, 2.24) is 0 Å². The number of rotatable bonds is 4. The van der Waals surface area contributed by atoms with E-state index in [1.54, 1.807) is 6.07 Å². The normalized spacial score (nSPS) is 13.3. The summed E-state index contributed by atoms with van der Waals surface area (Å²) in [5.74, 6) is 0. The molecule has 124 valence electrons. The SMILES string of the molecule is CC1=CCc2c(NS(=O)(=O)c3ccc([N+](=O)[O-])cc3)ccc(C)c21. The maximum absolute atomic E-state index is 12.6. The monoisotopic (exact) mass is 344 g/mol. The minimum Gasteiger partial charge on any atom is -0.279 e. The number of sulfonamides is 1. The molecule has 0 unspecified atom stereocenters. The Morgan fingerprint density at radius 3 is 2.38 bits per heavy atom. The molecule has 24 heavy (non-hydrogen) atoms. The first-order valence-electron chi connectivity index (χ1n) is 7.36. The van der Waals surface area contributed by atoms with Crippen LogP contribution in [0.25, 0.3) is 5.57 Å². The summed E-state index contributed by atoms with van der Waals surface area (Å²) >= 11 is 0. The van der Waals surface area contributed by atoms with E-state index in [4.69, 9.17) is 0 Å². The zero-order chi connectivity index (χ0) is 17.5. The Hall–Kier alpha value is -2.67. The van der Waals surface area contributed by atoms with Crippen molar-refractivity contribution >= 4 is 27.0 Å². The number of nitrogens with one attached hydrogen (secondary N) is 1. The minimum absolute atomic E-state index is 0.00916. The number of allylic oxidation sites excluding steroid dienone is 2. The number of aryl methyl sites for hydroxylation is 1. The molecule has 3 rings (SSSR count). The Balaban J connectivity index is 1.95. The summed E-state index contributed by atoms with van der Waals surface area (Å²) in [6.07, 6.45) is 2.75. The van der Waals surface area contributed by atoms with Crippen molar-refractivity contribution in [3.63, 3.8) is 0 Å². The molecule has 0 saturated carbocycles. The second-order valence-corrected chi connectivity index (χ2v) is 7.41. The van der Waals surface area contributed by atoms with Crippen molar-refractivity contribution in [2.75, 3.05) is 4.72 Å². The van der Waals surface area contributed by atoms with Gasteiger partial charge in [-0.15, -0.1) is 0 Å². The number of hydrogen-bond acceptors (Lipinski definition) is 4. The second kappa shape index (κ2) is 5.76. The van der Waals surface area contributed by atoms with Crippen LogP contribution in [0.5, 0.6) is 0 Å². The average molecular weight is 344 g/mol. The molecule has 1 N–H and O–H groups in total. The number of nitro groups is 1. The molecule has 0 aliphatic heterocycles. The molecular formula is C17H16N2O4S. The van der Waals surface area contributed by atoms with E-state index in [2.05, 4.69) is 10.8 Å². The van der Waals surface area contributed by atoms with E-state index in [1.165, 1.54) is 24.3 Å². The molecule has 2 aromatic carbocycles.